The average molecular weight is 491 g/mol. The molecular formula is C27H25NO8. The van der Waals surface area contributed by atoms with E-state index >= 15 is 0 Å². The van der Waals surface area contributed by atoms with Gasteiger partial charge in [-0.15, -0.1) is 0 Å². The van der Waals surface area contributed by atoms with Gasteiger partial charge in [0.05, 0.1) is 37.0 Å². The molecule has 1 aliphatic heterocycles. The van der Waals surface area contributed by atoms with Crippen LogP contribution < -0.4 is 14.4 Å². The second-order valence-corrected chi connectivity index (χ2v) is 7.95. The zero-order valence-electron chi connectivity index (χ0n) is 19.8. The highest BCUT2D eigenvalue weighted by Gasteiger charge is 2.48. The van der Waals surface area contributed by atoms with Gasteiger partial charge < -0.3 is 24.1 Å². The van der Waals surface area contributed by atoms with E-state index in [1.807, 2.05) is 6.92 Å². The SMILES string of the molecule is CCOc1ccc(/C(O)=C2/C(=O)C(=O)N(c3ccc(CC(=O)O)cc3)C2c2ccco2)c(OCC)c1. The minimum Gasteiger partial charge on any atom is -0.507 e. The number of rotatable bonds is 9. The number of Topliss-reactive ketones (excluding diaryl/α,β-unsaturated/α-hetero) is 1. The molecule has 0 spiro atoms. The molecule has 2 N–H and O–H groups in total. The minimum atomic E-state index is -1.05. The first-order valence-electron chi connectivity index (χ1n) is 11.4. The number of benzene rings is 2. The number of hydrogen-bond acceptors (Lipinski definition) is 7. The number of carboxylic acid groups (broad SMARTS) is 1. The lowest BCUT2D eigenvalue weighted by Crippen LogP contribution is -2.29. The predicted molar refractivity (Wildman–Crippen MR) is 130 cm³/mol. The molecule has 0 saturated carbocycles. The van der Waals surface area contributed by atoms with Crippen molar-refractivity contribution in [3.05, 3.63) is 83.3 Å². The normalized spacial score (nSPS) is 16.8. The van der Waals surface area contributed by atoms with Gasteiger partial charge in [0.15, 0.2) is 0 Å². The standard InChI is InChI=1S/C27H25NO8/c1-3-34-18-11-12-19(21(15-18)35-4-2)25(31)23-24(20-6-5-13-36-20)28(27(33)26(23)32)17-9-7-16(8-10-17)14-22(29)30/h5-13,15,24,31H,3-4,14H2,1-2H3,(H,29,30)/b25-23-. The van der Waals surface area contributed by atoms with Crippen molar-refractivity contribution in [3.63, 3.8) is 0 Å². The number of nitrogens with zero attached hydrogens (tertiary/aromatic N) is 1. The summed E-state index contributed by atoms with van der Waals surface area (Å²) in [5.74, 6) is -2.04. The van der Waals surface area contributed by atoms with Crippen LogP contribution in [0.2, 0.25) is 0 Å². The molecule has 2 aromatic carbocycles. The Morgan fingerprint density at radius 1 is 1.00 bits per heavy atom. The number of aliphatic hydroxyl groups excluding tert-OH is 1. The zero-order chi connectivity index (χ0) is 25.8. The first-order chi connectivity index (χ1) is 17.3. The van der Waals surface area contributed by atoms with Crippen LogP contribution in [0.4, 0.5) is 5.69 Å². The third-order valence-corrected chi connectivity index (χ3v) is 5.65. The second kappa shape index (κ2) is 10.4. The number of anilines is 1. The number of amides is 1. The molecule has 3 aromatic rings. The lowest BCUT2D eigenvalue weighted by Gasteiger charge is -2.23. The van der Waals surface area contributed by atoms with Gasteiger partial charge in [0.2, 0.25) is 0 Å². The minimum absolute atomic E-state index is 0.158. The number of furan rings is 1. The fourth-order valence-corrected chi connectivity index (χ4v) is 4.14. The molecule has 186 valence electrons. The molecule has 1 atom stereocenters. The van der Waals surface area contributed by atoms with E-state index in [2.05, 4.69) is 0 Å². The highest BCUT2D eigenvalue weighted by Crippen LogP contribution is 2.43. The van der Waals surface area contributed by atoms with Crippen LogP contribution >= 0.6 is 0 Å². The number of aliphatic carboxylic acids is 1. The van der Waals surface area contributed by atoms with Gasteiger partial charge in [-0.05, 0) is 55.8 Å². The summed E-state index contributed by atoms with van der Waals surface area (Å²) >= 11 is 0. The number of hydrogen-bond donors (Lipinski definition) is 2. The van der Waals surface area contributed by atoms with Crippen molar-refractivity contribution < 1.29 is 38.5 Å². The largest absolute Gasteiger partial charge is 0.507 e. The second-order valence-electron chi connectivity index (χ2n) is 7.95. The molecule has 9 heteroatoms. The molecule has 1 aromatic heterocycles. The fraction of sp³-hybridized carbons (Fsp3) is 0.222. The molecular weight excluding hydrogens is 466 g/mol. The summed E-state index contributed by atoms with van der Waals surface area (Å²) in [5.41, 5.74) is 0.956. The van der Waals surface area contributed by atoms with Gasteiger partial charge in [-0.1, -0.05) is 12.1 Å². The number of ether oxygens (including phenoxy) is 2. The van der Waals surface area contributed by atoms with E-state index in [1.54, 1.807) is 61.5 Å². The summed E-state index contributed by atoms with van der Waals surface area (Å²) in [4.78, 5) is 38.7. The number of carboxylic acids is 1. The molecule has 4 rings (SSSR count). The van der Waals surface area contributed by atoms with E-state index in [9.17, 15) is 19.5 Å². The smallest absolute Gasteiger partial charge is 0.307 e. The molecule has 0 radical (unpaired) electrons. The number of carbonyl (C=O) groups is 3. The third-order valence-electron chi connectivity index (χ3n) is 5.65. The van der Waals surface area contributed by atoms with E-state index in [0.717, 1.165) is 0 Å². The van der Waals surface area contributed by atoms with Crippen LogP contribution in [0.15, 0.2) is 70.9 Å². The van der Waals surface area contributed by atoms with Crippen LogP contribution in [-0.2, 0) is 20.8 Å². The first kappa shape index (κ1) is 24.6. The van der Waals surface area contributed by atoms with Crippen LogP contribution in [0.3, 0.4) is 0 Å². The third kappa shape index (κ3) is 4.68. The van der Waals surface area contributed by atoms with Crippen molar-refractivity contribution in [2.45, 2.75) is 26.3 Å². The molecule has 0 aliphatic carbocycles. The Morgan fingerprint density at radius 3 is 2.33 bits per heavy atom. The molecule has 2 heterocycles. The van der Waals surface area contributed by atoms with Crippen molar-refractivity contribution in [2.75, 3.05) is 18.1 Å². The summed E-state index contributed by atoms with van der Waals surface area (Å²) < 4.78 is 16.8. The van der Waals surface area contributed by atoms with Gasteiger partial charge in [-0.25, -0.2) is 0 Å². The molecule has 1 saturated heterocycles. The fourth-order valence-electron chi connectivity index (χ4n) is 4.14. The Morgan fingerprint density at radius 2 is 1.72 bits per heavy atom. The van der Waals surface area contributed by atoms with Crippen LogP contribution in [0, 0.1) is 0 Å². The Kier molecular flexibility index (Phi) is 7.10. The molecule has 1 fully saturated rings. The van der Waals surface area contributed by atoms with Crippen molar-refractivity contribution in [1.82, 2.24) is 0 Å². The maximum absolute atomic E-state index is 13.3. The topological polar surface area (TPSA) is 127 Å². The molecule has 0 bridgehead atoms. The molecule has 9 nitrogen and oxygen atoms in total. The zero-order valence-corrected chi connectivity index (χ0v) is 19.8. The maximum Gasteiger partial charge on any atom is 0.307 e. The summed E-state index contributed by atoms with van der Waals surface area (Å²) in [6.07, 6.45) is 1.23. The van der Waals surface area contributed by atoms with Crippen molar-refractivity contribution >= 4 is 29.1 Å². The van der Waals surface area contributed by atoms with Crippen LogP contribution in [-0.4, -0.2) is 41.1 Å². The lowest BCUT2D eigenvalue weighted by molar-refractivity contribution is -0.136. The van der Waals surface area contributed by atoms with Gasteiger partial charge in [0, 0.05) is 11.8 Å². The van der Waals surface area contributed by atoms with Gasteiger partial charge in [0.25, 0.3) is 11.7 Å². The summed E-state index contributed by atoms with van der Waals surface area (Å²) in [6, 6.07) is 13.3. The van der Waals surface area contributed by atoms with E-state index in [4.69, 9.17) is 19.0 Å². The Labute approximate surface area is 207 Å². The van der Waals surface area contributed by atoms with Crippen LogP contribution in [0.1, 0.15) is 36.8 Å². The Balaban J connectivity index is 1.85. The van der Waals surface area contributed by atoms with Crippen molar-refractivity contribution in [1.29, 1.82) is 0 Å². The Hall–Kier alpha value is -4.53. The van der Waals surface area contributed by atoms with Crippen molar-refractivity contribution in [2.24, 2.45) is 0 Å². The number of ketones is 1. The molecule has 1 amide bonds. The number of carbonyl (C=O) groups excluding carboxylic acids is 2. The van der Waals surface area contributed by atoms with Crippen LogP contribution in [0.5, 0.6) is 11.5 Å². The van der Waals surface area contributed by atoms with E-state index < -0.39 is 29.5 Å². The first-order valence-corrected chi connectivity index (χ1v) is 11.4. The van der Waals surface area contributed by atoms with Gasteiger partial charge in [-0.2, -0.15) is 0 Å². The van der Waals surface area contributed by atoms with Gasteiger partial charge in [0.1, 0.15) is 29.1 Å². The maximum atomic E-state index is 13.3. The van der Waals surface area contributed by atoms with Crippen molar-refractivity contribution in [3.8, 4) is 11.5 Å². The molecule has 36 heavy (non-hydrogen) atoms. The summed E-state index contributed by atoms with van der Waals surface area (Å²) in [5, 5.41) is 20.4. The van der Waals surface area contributed by atoms with Gasteiger partial charge >= 0.3 is 5.97 Å². The highest BCUT2D eigenvalue weighted by atomic mass is 16.5. The van der Waals surface area contributed by atoms with E-state index in [-0.39, 0.29) is 23.3 Å². The Bertz CT molecular complexity index is 1310. The van der Waals surface area contributed by atoms with Crippen LogP contribution in [0.25, 0.3) is 5.76 Å². The molecule has 1 aliphatic rings. The highest BCUT2D eigenvalue weighted by molar-refractivity contribution is 6.51. The monoisotopic (exact) mass is 491 g/mol. The van der Waals surface area contributed by atoms with Gasteiger partial charge in [-0.3, -0.25) is 19.3 Å². The quantitative estimate of drug-likeness (QED) is 0.257. The molecule has 1 unspecified atom stereocenters. The van der Waals surface area contributed by atoms with E-state index in [0.29, 0.717) is 36.0 Å². The average Bonchev–Trinajstić information content (AvgIpc) is 3.47. The lowest BCUT2D eigenvalue weighted by atomic mass is 9.98. The summed E-state index contributed by atoms with van der Waals surface area (Å²) in [6.45, 7) is 4.36. The van der Waals surface area contributed by atoms with E-state index in [1.165, 1.54) is 11.2 Å². The summed E-state index contributed by atoms with van der Waals surface area (Å²) in [7, 11) is 0. The predicted octanol–water partition coefficient (Wildman–Crippen LogP) is 4.33. The number of aliphatic hydroxyl groups is 1.